The van der Waals surface area contributed by atoms with Crippen LogP contribution in [0, 0.1) is 0 Å². The highest BCUT2D eigenvalue weighted by molar-refractivity contribution is 6.09. The van der Waals surface area contributed by atoms with E-state index in [1.165, 1.54) is 25.7 Å². The number of ketones is 2. The minimum Gasteiger partial charge on any atom is -0.288 e. The van der Waals surface area contributed by atoms with E-state index in [9.17, 15) is 9.59 Å². The summed E-state index contributed by atoms with van der Waals surface area (Å²) in [6.45, 7) is 1.85. The summed E-state index contributed by atoms with van der Waals surface area (Å²) in [6, 6.07) is 26.6. The van der Waals surface area contributed by atoms with Crippen molar-refractivity contribution in [1.82, 2.24) is 0 Å². The largest absolute Gasteiger partial charge is 0.288 e. The normalized spacial score (nSPS) is 10.8. The summed E-state index contributed by atoms with van der Waals surface area (Å²) in [5, 5.41) is 0. The van der Waals surface area contributed by atoms with Crippen LogP contribution in [0.15, 0.2) is 110 Å². The van der Waals surface area contributed by atoms with Crippen molar-refractivity contribution in [2.45, 2.75) is 51.6 Å². The highest BCUT2D eigenvalue weighted by atomic mass is 16.1. The number of rotatable bonds is 13. The Bertz CT molecular complexity index is 1170. The molecule has 0 unspecified atom stereocenters. The molecule has 4 aromatic rings. The van der Waals surface area contributed by atoms with Gasteiger partial charge in [0.05, 0.1) is 11.1 Å². The van der Waals surface area contributed by atoms with Crippen molar-refractivity contribution in [3.63, 3.8) is 0 Å². The maximum atomic E-state index is 12.7. The molecule has 0 radical (unpaired) electrons. The summed E-state index contributed by atoms with van der Waals surface area (Å²) in [4.78, 5) is 25.3. The summed E-state index contributed by atoms with van der Waals surface area (Å²) in [5.74, 6) is 0.135. The Labute approximate surface area is 213 Å². The van der Waals surface area contributed by atoms with Crippen molar-refractivity contribution in [3.05, 3.63) is 132 Å². The van der Waals surface area contributed by atoms with Gasteiger partial charge in [-0.3, -0.25) is 9.59 Å². The third kappa shape index (κ3) is 7.29. The fraction of sp³-hybridized carbons (Fsp3) is 0.250. The molecule has 0 spiro atoms. The Morgan fingerprint density at radius 3 is 1.22 bits per heavy atom. The Morgan fingerprint density at radius 1 is 0.444 bits per heavy atom. The van der Waals surface area contributed by atoms with Crippen LogP contribution in [0.3, 0.4) is 0 Å². The minimum atomic E-state index is 0.0674. The summed E-state index contributed by atoms with van der Waals surface area (Å²) in [5.41, 5.74) is 2.91. The lowest BCUT2D eigenvalue weighted by Gasteiger charge is -2.03. The van der Waals surface area contributed by atoms with Crippen LogP contribution in [0.1, 0.15) is 70.4 Å². The van der Waals surface area contributed by atoms with E-state index < -0.39 is 0 Å². The summed E-state index contributed by atoms with van der Waals surface area (Å²) in [7, 11) is 0. The predicted octanol–water partition coefficient (Wildman–Crippen LogP) is 5.76. The fourth-order valence-corrected chi connectivity index (χ4v) is 4.40. The number of aromatic nitrogens is 2. The van der Waals surface area contributed by atoms with E-state index in [4.69, 9.17) is 0 Å². The number of aryl methyl sites for hydroxylation is 2. The molecule has 0 amide bonds. The number of carbonyl (C=O) groups excluding carboxylic acids is 2. The van der Waals surface area contributed by atoms with Crippen molar-refractivity contribution >= 4 is 11.6 Å². The van der Waals surface area contributed by atoms with Crippen LogP contribution in [0.4, 0.5) is 0 Å². The second-order valence-electron chi connectivity index (χ2n) is 9.17. The van der Waals surface area contributed by atoms with E-state index >= 15 is 0 Å². The first kappa shape index (κ1) is 25.2. The predicted molar refractivity (Wildman–Crippen MR) is 141 cm³/mol. The minimum absolute atomic E-state index is 0.0674. The van der Waals surface area contributed by atoms with Gasteiger partial charge >= 0.3 is 0 Å². The molecule has 36 heavy (non-hydrogen) atoms. The third-order valence-corrected chi connectivity index (χ3v) is 6.40. The summed E-state index contributed by atoms with van der Waals surface area (Å²) in [6.07, 6.45) is 15.0. The van der Waals surface area contributed by atoms with Crippen LogP contribution in [0.25, 0.3) is 0 Å². The molecule has 0 bridgehead atoms. The van der Waals surface area contributed by atoms with Crippen LogP contribution in [-0.4, -0.2) is 11.6 Å². The average molecular weight is 479 g/mol. The Hall–Kier alpha value is -3.92. The zero-order chi connectivity index (χ0) is 25.0. The number of carbonyl (C=O) groups is 2. The molecule has 2 heterocycles. The lowest BCUT2D eigenvalue weighted by atomic mass is 10.1. The van der Waals surface area contributed by atoms with Crippen LogP contribution in [0.5, 0.6) is 0 Å². The molecule has 0 aliphatic heterocycles. The SMILES string of the molecule is O=C(c1ccccc1)c1ccc[n+](CCCCCCCC[n+]2cccc(C(=O)c3ccccc3)c2)c1. The van der Waals surface area contributed by atoms with E-state index in [0.717, 1.165) is 48.2 Å². The standard InChI is InChI=1S/C32H34N2O2/c35-31(27-15-7-5-8-16-27)29-19-13-23-33(25-29)21-11-3-1-2-4-12-22-34-24-14-20-30(26-34)32(36)28-17-9-6-10-18-28/h5-10,13-20,23-26H,1-4,11-12,21-22H2/q+2. The number of pyridine rings is 2. The molecule has 0 saturated carbocycles. The maximum absolute atomic E-state index is 12.7. The van der Waals surface area contributed by atoms with Crippen molar-refractivity contribution in [1.29, 1.82) is 0 Å². The van der Waals surface area contributed by atoms with Crippen molar-refractivity contribution in [2.24, 2.45) is 0 Å². The van der Waals surface area contributed by atoms with E-state index in [2.05, 4.69) is 9.13 Å². The molecule has 0 atom stereocenters. The third-order valence-electron chi connectivity index (χ3n) is 6.40. The van der Waals surface area contributed by atoms with Gasteiger partial charge in [0.1, 0.15) is 13.1 Å². The van der Waals surface area contributed by atoms with Gasteiger partial charge in [-0.15, -0.1) is 0 Å². The van der Waals surface area contributed by atoms with Crippen molar-refractivity contribution < 1.29 is 18.7 Å². The molecule has 4 rings (SSSR count). The van der Waals surface area contributed by atoms with Gasteiger partial charge in [0, 0.05) is 36.1 Å². The van der Waals surface area contributed by atoms with Gasteiger partial charge in [-0.05, 0) is 25.0 Å². The smallest absolute Gasteiger partial charge is 0.199 e. The highest BCUT2D eigenvalue weighted by Gasteiger charge is 2.13. The number of unbranched alkanes of at least 4 members (excludes halogenated alkanes) is 5. The van der Waals surface area contributed by atoms with E-state index in [0.29, 0.717) is 0 Å². The van der Waals surface area contributed by atoms with E-state index in [-0.39, 0.29) is 11.6 Å². The van der Waals surface area contributed by atoms with Gasteiger partial charge < -0.3 is 0 Å². The molecule has 4 heteroatoms. The van der Waals surface area contributed by atoms with Gasteiger partial charge in [0.2, 0.25) is 0 Å². The summed E-state index contributed by atoms with van der Waals surface area (Å²) < 4.78 is 4.24. The average Bonchev–Trinajstić information content (AvgIpc) is 2.95. The van der Waals surface area contributed by atoms with E-state index in [1.54, 1.807) is 0 Å². The lowest BCUT2D eigenvalue weighted by Crippen LogP contribution is -2.34. The fourth-order valence-electron chi connectivity index (χ4n) is 4.40. The first-order valence-electron chi connectivity index (χ1n) is 12.9. The van der Waals surface area contributed by atoms with Gasteiger partial charge in [-0.25, -0.2) is 9.13 Å². The van der Waals surface area contributed by atoms with E-state index in [1.807, 2.05) is 110 Å². The second kappa shape index (κ2) is 13.2. The topological polar surface area (TPSA) is 41.9 Å². The molecule has 0 aliphatic carbocycles. The van der Waals surface area contributed by atoms with Crippen LogP contribution in [0.2, 0.25) is 0 Å². The number of benzene rings is 2. The molecule has 0 aliphatic rings. The zero-order valence-corrected chi connectivity index (χ0v) is 20.8. The Kier molecular flexibility index (Phi) is 9.26. The molecule has 2 aromatic carbocycles. The molecule has 182 valence electrons. The number of hydrogen-bond acceptors (Lipinski definition) is 2. The molecule has 0 N–H and O–H groups in total. The monoisotopic (exact) mass is 478 g/mol. The maximum Gasteiger partial charge on any atom is 0.199 e. The number of nitrogens with zero attached hydrogens (tertiary/aromatic N) is 2. The van der Waals surface area contributed by atoms with Gasteiger partial charge in [0.15, 0.2) is 36.4 Å². The molecule has 0 saturated heterocycles. The highest BCUT2D eigenvalue weighted by Crippen LogP contribution is 2.10. The number of hydrogen-bond donors (Lipinski definition) is 0. The lowest BCUT2D eigenvalue weighted by molar-refractivity contribution is -0.697. The molecule has 2 aromatic heterocycles. The molecular weight excluding hydrogens is 444 g/mol. The van der Waals surface area contributed by atoms with Crippen molar-refractivity contribution in [3.8, 4) is 0 Å². The van der Waals surface area contributed by atoms with Gasteiger partial charge in [0.25, 0.3) is 0 Å². The van der Waals surface area contributed by atoms with Gasteiger partial charge in [-0.2, -0.15) is 0 Å². The first-order valence-corrected chi connectivity index (χ1v) is 12.9. The second-order valence-corrected chi connectivity index (χ2v) is 9.17. The zero-order valence-electron chi connectivity index (χ0n) is 20.8. The quantitative estimate of drug-likeness (QED) is 0.139. The molecule has 4 nitrogen and oxygen atoms in total. The van der Waals surface area contributed by atoms with Crippen LogP contribution >= 0.6 is 0 Å². The van der Waals surface area contributed by atoms with Crippen LogP contribution in [-0.2, 0) is 13.1 Å². The summed E-state index contributed by atoms with van der Waals surface area (Å²) >= 11 is 0. The first-order chi connectivity index (χ1) is 17.7. The molecule has 0 fully saturated rings. The van der Waals surface area contributed by atoms with Crippen LogP contribution < -0.4 is 9.13 Å². The Morgan fingerprint density at radius 2 is 0.806 bits per heavy atom. The van der Waals surface area contributed by atoms with Crippen molar-refractivity contribution in [2.75, 3.05) is 0 Å². The Balaban J connectivity index is 1.14. The molecular formula is C32H34N2O2+2. The van der Waals surface area contributed by atoms with Gasteiger partial charge in [-0.1, -0.05) is 73.5 Å².